The molecule has 1 heterocycles. The highest BCUT2D eigenvalue weighted by Crippen LogP contribution is 2.39. The number of fused-ring (bicyclic) bond motifs is 3. The molecular formula is C13H13F3N2. The van der Waals surface area contributed by atoms with E-state index in [4.69, 9.17) is 0 Å². The first-order valence-corrected chi connectivity index (χ1v) is 6.04. The molecule has 0 radical (unpaired) electrons. The van der Waals surface area contributed by atoms with E-state index >= 15 is 0 Å². The zero-order chi connectivity index (χ0) is 12.9. The molecular weight excluding hydrogens is 241 g/mol. The smallest absolute Gasteiger partial charge is 0.195 e. The number of hydrogen-bond donors (Lipinski definition) is 2. The molecule has 96 valence electrons. The molecule has 0 fully saturated rings. The van der Waals surface area contributed by atoms with Crippen LogP contribution >= 0.6 is 0 Å². The quantitative estimate of drug-likeness (QED) is 0.791. The minimum Gasteiger partial charge on any atom is -0.358 e. The van der Waals surface area contributed by atoms with Crippen molar-refractivity contribution in [3.05, 3.63) is 34.8 Å². The summed E-state index contributed by atoms with van der Waals surface area (Å²) in [7, 11) is 0. The number of H-pyrrole nitrogens is 1. The van der Waals surface area contributed by atoms with Crippen LogP contribution in [-0.4, -0.2) is 11.5 Å². The van der Waals surface area contributed by atoms with Gasteiger partial charge in [0.05, 0.1) is 5.52 Å². The van der Waals surface area contributed by atoms with Gasteiger partial charge in [0.2, 0.25) is 0 Å². The molecule has 1 aliphatic rings. The molecule has 2 aromatic rings. The first kappa shape index (κ1) is 11.6. The van der Waals surface area contributed by atoms with E-state index in [1.807, 2.05) is 6.92 Å². The van der Waals surface area contributed by atoms with Gasteiger partial charge in [-0.25, -0.2) is 13.2 Å². The minimum absolute atomic E-state index is 0.0121. The lowest BCUT2D eigenvalue weighted by Gasteiger charge is -2.12. The normalized spacial score (nSPS) is 18.6. The topological polar surface area (TPSA) is 27.8 Å². The third-order valence-electron chi connectivity index (χ3n) is 3.52. The molecule has 0 amide bonds. The van der Waals surface area contributed by atoms with Gasteiger partial charge in [-0.3, -0.25) is 0 Å². The highest BCUT2D eigenvalue weighted by Gasteiger charge is 2.29. The summed E-state index contributed by atoms with van der Waals surface area (Å²) in [5.74, 6) is -3.64. The summed E-state index contributed by atoms with van der Waals surface area (Å²) in [5, 5.41) is 3.42. The van der Waals surface area contributed by atoms with E-state index < -0.39 is 17.5 Å². The van der Waals surface area contributed by atoms with Gasteiger partial charge in [0.15, 0.2) is 17.5 Å². The van der Waals surface area contributed by atoms with Crippen molar-refractivity contribution in [3.63, 3.8) is 0 Å². The van der Waals surface area contributed by atoms with Crippen LogP contribution in [0.1, 0.15) is 30.6 Å². The Kier molecular flexibility index (Phi) is 2.59. The van der Waals surface area contributed by atoms with Crippen LogP contribution in [0.15, 0.2) is 6.07 Å². The van der Waals surface area contributed by atoms with Gasteiger partial charge >= 0.3 is 0 Å². The van der Waals surface area contributed by atoms with Crippen LogP contribution in [0.25, 0.3) is 10.9 Å². The molecule has 1 aliphatic carbocycles. The van der Waals surface area contributed by atoms with Crippen LogP contribution in [0.5, 0.6) is 0 Å². The van der Waals surface area contributed by atoms with Gasteiger partial charge in [-0.15, -0.1) is 0 Å². The number of aryl methyl sites for hydroxylation is 1. The predicted molar refractivity (Wildman–Crippen MR) is 62.9 cm³/mol. The second kappa shape index (κ2) is 4.02. The minimum atomic E-state index is -1.40. The molecule has 0 saturated carbocycles. The number of aromatic amines is 1. The molecule has 0 aliphatic heterocycles. The van der Waals surface area contributed by atoms with Crippen LogP contribution in [0, 0.1) is 17.5 Å². The zero-order valence-electron chi connectivity index (χ0n) is 9.91. The van der Waals surface area contributed by atoms with Crippen LogP contribution in [0.3, 0.4) is 0 Å². The largest absolute Gasteiger partial charge is 0.358 e. The lowest BCUT2D eigenvalue weighted by Crippen LogP contribution is -2.18. The van der Waals surface area contributed by atoms with E-state index in [1.165, 1.54) is 0 Å². The molecule has 0 saturated heterocycles. The summed E-state index contributed by atoms with van der Waals surface area (Å²) in [4.78, 5) is 2.99. The summed E-state index contributed by atoms with van der Waals surface area (Å²) in [6, 6.07) is 1.04. The molecule has 1 atom stereocenters. The second-order valence-corrected chi connectivity index (χ2v) is 4.58. The number of rotatable bonds is 2. The summed E-state index contributed by atoms with van der Waals surface area (Å²) >= 11 is 0. The highest BCUT2D eigenvalue weighted by molar-refractivity contribution is 5.86. The summed E-state index contributed by atoms with van der Waals surface area (Å²) < 4.78 is 40.4. The van der Waals surface area contributed by atoms with E-state index in [0.717, 1.165) is 36.7 Å². The van der Waals surface area contributed by atoms with Crippen molar-refractivity contribution >= 4 is 10.9 Å². The van der Waals surface area contributed by atoms with E-state index in [1.54, 1.807) is 0 Å². The maximum atomic E-state index is 13.9. The van der Waals surface area contributed by atoms with Gasteiger partial charge < -0.3 is 10.3 Å². The molecule has 18 heavy (non-hydrogen) atoms. The van der Waals surface area contributed by atoms with Crippen molar-refractivity contribution in [2.75, 3.05) is 6.54 Å². The maximum Gasteiger partial charge on any atom is 0.195 e. The molecule has 0 bridgehead atoms. The Hall–Kier alpha value is -1.49. The Morgan fingerprint density at radius 1 is 1.33 bits per heavy atom. The van der Waals surface area contributed by atoms with Crippen molar-refractivity contribution < 1.29 is 13.2 Å². The fourth-order valence-corrected chi connectivity index (χ4v) is 2.80. The van der Waals surface area contributed by atoms with Crippen LogP contribution in [-0.2, 0) is 6.42 Å². The molecule has 1 aromatic heterocycles. The van der Waals surface area contributed by atoms with Crippen molar-refractivity contribution in [2.45, 2.75) is 25.8 Å². The Morgan fingerprint density at radius 3 is 2.83 bits per heavy atom. The fourth-order valence-electron chi connectivity index (χ4n) is 2.80. The average Bonchev–Trinajstić information content (AvgIpc) is 2.86. The first-order valence-electron chi connectivity index (χ1n) is 6.04. The fraction of sp³-hybridized carbons (Fsp3) is 0.385. The molecule has 2 N–H and O–H groups in total. The predicted octanol–water partition coefficient (Wildman–Crippen LogP) is 3.18. The van der Waals surface area contributed by atoms with Crippen LogP contribution in [0.2, 0.25) is 0 Å². The third-order valence-corrected chi connectivity index (χ3v) is 3.52. The van der Waals surface area contributed by atoms with Crippen molar-refractivity contribution in [1.29, 1.82) is 0 Å². The molecule has 1 aromatic carbocycles. The van der Waals surface area contributed by atoms with Gasteiger partial charge in [0.1, 0.15) is 0 Å². The van der Waals surface area contributed by atoms with Gasteiger partial charge in [-0.05, 0) is 19.4 Å². The van der Waals surface area contributed by atoms with E-state index in [9.17, 15) is 13.2 Å². The van der Waals surface area contributed by atoms with E-state index in [2.05, 4.69) is 10.3 Å². The average molecular weight is 254 g/mol. The molecule has 1 unspecified atom stereocenters. The standard InChI is InChI=1S/C13H13F3N2/c1-2-17-7-3-4-8-10(7)11-9(18-8)5-6(14)12(15)13(11)16/h5,7,17-18H,2-4H2,1H3. The summed E-state index contributed by atoms with van der Waals surface area (Å²) in [5.41, 5.74) is 1.96. The Bertz CT molecular complexity index is 618. The number of aromatic nitrogens is 1. The van der Waals surface area contributed by atoms with Crippen molar-refractivity contribution in [1.82, 2.24) is 10.3 Å². The van der Waals surface area contributed by atoms with E-state index in [0.29, 0.717) is 5.52 Å². The highest BCUT2D eigenvalue weighted by atomic mass is 19.2. The van der Waals surface area contributed by atoms with Crippen LogP contribution < -0.4 is 5.32 Å². The number of hydrogen-bond acceptors (Lipinski definition) is 1. The maximum absolute atomic E-state index is 13.9. The zero-order valence-corrected chi connectivity index (χ0v) is 9.91. The SMILES string of the molecule is CCNC1CCc2[nH]c3cc(F)c(F)c(F)c3c21. The van der Waals surface area contributed by atoms with Gasteiger partial charge in [0, 0.05) is 28.8 Å². The lowest BCUT2D eigenvalue weighted by atomic mass is 10.1. The van der Waals surface area contributed by atoms with Crippen molar-refractivity contribution in [3.8, 4) is 0 Å². The summed E-state index contributed by atoms with van der Waals surface area (Å²) in [6.07, 6.45) is 1.62. The van der Waals surface area contributed by atoms with Crippen molar-refractivity contribution in [2.24, 2.45) is 0 Å². The van der Waals surface area contributed by atoms with Gasteiger partial charge in [-0.1, -0.05) is 6.92 Å². The molecule has 2 nitrogen and oxygen atoms in total. The van der Waals surface area contributed by atoms with Gasteiger partial charge in [0.25, 0.3) is 0 Å². The van der Waals surface area contributed by atoms with Crippen LogP contribution in [0.4, 0.5) is 13.2 Å². The monoisotopic (exact) mass is 254 g/mol. The molecule has 5 heteroatoms. The number of nitrogens with one attached hydrogen (secondary N) is 2. The third kappa shape index (κ3) is 1.47. The Balaban J connectivity index is 2.27. The summed E-state index contributed by atoms with van der Waals surface area (Å²) in [6.45, 7) is 2.71. The second-order valence-electron chi connectivity index (χ2n) is 4.58. The lowest BCUT2D eigenvalue weighted by molar-refractivity contribution is 0.452. The molecule has 3 rings (SSSR count). The van der Waals surface area contributed by atoms with E-state index in [-0.39, 0.29) is 11.4 Å². The number of benzene rings is 1. The number of halogens is 3. The molecule has 0 spiro atoms. The Morgan fingerprint density at radius 2 is 2.11 bits per heavy atom. The van der Waals surface area contributed by atoms with Gasteiger partial charge in [-0.2, -0.15) is 0 Å². The first-order chi connectivity index (χ1) is 8.63. The Labute approximate surface area is 102 Å².